The third kappa shape index (κ3) is 1.66. The molecule has 0 fully saturated rings. The molecule has 2 aliphatic carbocycles. The molecule has 86 valence electrons. The number of carbonyl (C=O) groups is 2. The first-order valence-corrected chi connectivity index (χ1v) is 5.54. The van der Waals surface area contributed by atoms with Crippen LogP contribution in [-0.4, -0.2) is 12.6 Å². The first kappa shape index (κ1) is 11.5. The van der Waals surface area contributed by atoms with Gasteiger partial charge in [0.2, 0.25) is 0 Å². The van der Waals surface area contributed by atoms with Gasteiger partial charge in [0.1, 0.15) is 0 Å². The lowest BCUT2D eigenvalue weighted by Gasteiger charge is -1.99. The molecule has 0 unspecified atom stereocenters. The molecule has 0 amide bonds. The zero-order valence-electron chi connectivity index (χ0n) is 10.2. The molecule has 2 rings (SSSR count). The number of rotatable bonds is 2. The fourth-order valence-electron chi connectivity index (χ4n) is 2.39. The smallest absolute Gasteiger partial charge is 0.150 e. The van der Waals surface area contributed by atoms with E-state index in [0.717, 1.165) is 40.4 Å². The van der Waals surface area contributed by atoms with E-state index in [1.165, 1.54) is 0 Å². The van der Waals surface area contributed by atoms with Gasteiger partial charge in [-0.25, -0.2) is 0 Å². The van der Waals surface area contributed by atoms with Crippen LogP contribution in [0.25, 0.3) is 11.1 Å². The Hall–Kier alpha value is -1.96. The van der Waals surface area contributed by atoms with Crippen molar-refractivity contribution in [2.24, 2.45) is 0 Å². The summed E-state index contributed by atoms with van der Waals surface area (Å²) in [4.78, 5) is 22.3. The van der Waals surface area contributed by atoms with Gasteiger partial charge in [0, 0.05) is 11.1 Å². The second kappa shape index (κ2) is 4.13. The van der Waals surface area contributed by atoms with Crippen molar-refractivity contribution in [1.29, 1.82) is 0 Å². The fraction of sp³-hybridized carbons (Fsp3) is 0.200. The van der Waals surface area contributed by atoms with Crippen molar-refractivity contribution >= 4 is 12.6 Å². The van der Waals surface area contributed by atoms with Crippen molar-refractivity contribution in [3.05, 3.63) is 46.0 Å². The van der Waals surface area contributed by atoms with Crippen LogP contribution in [0.1, 0.15) is 37.4 Å². The normalized spacial score (nSPS) is 10.5. The van der Waals surface area contributed by atoms with E-state index in [0.29, 0.717) is 11.1 Å². The van der Waals surface area contributed by atoms with Crippen molar-refractivity contribution < 1.29 is 9.59 Å². The molecule has 2 nitrogen and oxygen atoms in total. The molecule has 0 radical (unpaired) electrons. The lowest BCUT2D eigenvalue weighted by atomic mass is 10.0. The molecule has 0 aromatic rings. The molecule has 0 aromatic carbocycles. The monoisotopic (exact) mass is 226 g/mol. The lowest BCUT2D eigenvalue weighted by molar-refractivity contribution is 0.112. The summed E-state index contributed by atoms with van der Waals surface area (Å²) in [6.45, 7) is 5.79. The summed E-state index contributed by atoms with van der Waals surface area (Å²) in [6.07, 6.45) is 1.67. The maximum atomic E-state index is 11.2. The van der Waals surface area contributed by atoms with E-state index in [9.17, 15) is 9.59 Å². The number of aldehydes is 2. The molecule has 0 aliphatic heterocycles. The van der Waals surface area contributed by atoms with Crippen LogP contribution < -0.4 is 0 Å². The topological polar surface area (TPSA) is 34.1 Å². The minimum absolute atomic E-state index is 0.626. The maximum Gasteiger partial charge on any atom is 0.150 e. The number of hydrogen-bond acceptors (Lipinski definition) is 2. The minimum atomic E-state index is 0.626. The fourth-order valence-corrected chi connectivity index (χ4v) is 2.39. The Balaban J connectivity index is 2.98. The average Bonchev–Trinajstić information content (AvgIpc) is 2.49. The Labute approximate surface area is 101 Å². The highest BCUT2D eigenvalue weighted by Gasteiger charge is 2.20. The molecule has 2 heteroatoms. The first-order valence-electron chi connectivity index (χ1n) is 5.54. The molecule has 17 heavy (non-hydrogen) atoms. The van der Waals surface area contributed by atoms with Crippen LogP contribution in [0.4, 0.5) is 0 Å². The molecule has 0 spiro atoms. The zero-order chi connectivity index (χ0) is 12.6. The van der Waals surface area contributed by atoms with Gasteiger partial charge in [-0.05, 0) is 43.0 Å². The highest BCUT2D eigenvalue weighted by molar-refractivity contribution is 6.03. The second-order valence-electron chi connectivity index (χ2n) is 4.38. The Morgan fingerprint density at radius 2 is 1.59 bits per heavy atom. The first-order chi connectivity index (χ1) is 8.10. The van der Waals surface area contributed by atoms with Crippen molar-refractivity contribution in [3.63, 3.8) is 0 Å². The van der Waals surface area contributed by atoms with Gasteiger partial charge in [0.15, 0.2) is 12.6 Å². The molecule has 0 saturated heterocycles. The van der Waals surface area contributed by atoms with Crippen molar-refractivity contribution in [1.82, 2.24) is 0 Å². The van der Waals surface area contributed by atoms with Gasteiger partial charge in [0.25, 0.3) is 0 Å². The van der Waals surface area contributed by atoms with Crippen LogP contribution in [-0.2, 0) is 0 Å². The summed E-state index contributed by atoms with van der Waals surface area (Å²) in [5.41, 5.74) is 5.94. The Morgan fingerprint density at radius 1 is 0.941 bits per heavy atom. The van der Waals surface area contributed by atoms with Gasteiger partial charge in [-0.1, -0.05) is 23.8 Å². The van der Waals surface area contributed by atoms with Gasteiger partial charge in [-0.2, -0.15) is 0 Å². The van der Waals surface area contributed by atoms with E-state index < -0.39 is 0 Å². The van der Waals surface area contributed by atoms with Gasteiger partial charge >= 0.3 is 0 Å². The summed E-state index contributed by atoms with van der Waals surface area (Å²) in [5.74, 6) is 0. The number of fused-ring (bicyclic) bond motifs is 1. The third-order valence-electron chi connectivity index (χ3n) is 3.22. The molecule has 2 aliphatic rings. The molecule has 0 atom stereocenters. The number of aryl methyl sites for hydroxylation is 2. The molecule has 0 heterocycles. The highest BCUT2D eigenvalue weighted by Crippen LogP contribution is 2.36. The van der Waals surface area contributed by atoms with Crippen LogP contribution in [0.5, 0.6) is 0 Å². The predicted octanol–water partition coefficient (Wildman–Crippen LogP) is 3.34. The highest BCUT2D eigenvalue weighted by atomic mass is 16.1. The van der Waals surface area contributed by atoms with E-state index in [-0.39, 0.29) is 0 Å². The van der Waals surface area contributed by atoms with Gasteiger partial charge in [0.05, 0.1) is 0 Å². The van der Waals surface area contributed by atoms with Crippen molar-refractivity contribution in [2.45, 2.75) is 20.8 Å². The number of carbonyl (C=O) groups excluding carboxylic acids is 2. The summed E-state index contributed by atoms with van der Waals surface area (Å²) in [5, 5.41) is 0. The van der Waals surface area contributed by atoms with Gasteiger partial charge in [-0.15, -0.1) is 0 Å². The van der Waals surface area contributed by atoms with Crippen LogP contribution in [0.15, 0.2) is 18.2 Å². The van der Waals surface area contributed by atoms with Gasteiger partial charge < -0.3 is 0 Å². The molecule has 0 bridgehead atoms. The molecule has 0 aromatic heterocycles. The van der Waals surface area contributed by atoms with Crippen molar-refractivity contribution in [2.75, 3.05) is 0 Å². The summed E-state index contributed by atoms with van der Waals surface area (Å²) in [7, 11) is 0. The molecule has 0 saturated carbocycles. The SMILES string of the molecule is Cc1ccc2c(C=O)c(C)c(C=O)c-2c(C)c1. The standard InChI is InChI=1S/C15H14O2/c1-9-4-5-12-13(7-16)11(3)14(8-17)15(12)10(2)6-9/h4-8H,1-3H3. The van der Waals surface area contributed by atoms with Gasteiger partial charge in [-0.3, -0.25) is 9.59 Å². The van der Waals surface area contributed by atoms with Crippen LogP contribution >= 0.6 is 0 Å². The Kier molecular flexibility index (Phi) is 2.80. The summed E-state index contributed by atoms with van der Waals surface area (Å²) >= 11 is 0. The van der Waals surface area contributed by atoms with E-state index in [4.69, 9.17) is 0 Å². The van der Waals surface area contributed by atoms with E-state index >= 15 is 0 Å². The number of hydrogen-bond donors (Lipinski definition) is 0. The predicted molar refractivity (Wildman–Crippen MR) is 68.1 cm³/mol. The Morgan fingerprint density at radius 3 is 2.18 bits per heavy atom. The molecular weight excluding hydrogens is 212 g/mol. The maximum absolute atomic E-state index is 11.2. The molecule has 0 N–H and O–H groups in total. The second-order valence-corrected chi connectivity index (χ2v) is 4.38. The third-order valence-corrected chi connectivity index (χ3v) is 3.22. The molecular formula is C15H14O2. The van der Waals surface area contributed by atoms with Crippen LogP contribution in [0.2, 0.25) is 0 Å². The van der Waals surface area contributed by atoms with Crippen LogP contribution in [0, 0.1) is 20.8 Å². The van der Waals surface area contributed by atoms with E-state index in [2.05, 4.69) is 0 Å². The van der Waals surface area contributed by atoms with Crippen molar-refractivity contribution in [3.8, 4) is 11.1 Å². The minimum Gasteiger partial charge on any atom is -0.298 e. The zero-order valence-corrected chi connectivity index (χ0v) is 10.2. The van der Waals surface area contributed by atoms with E-state index in [1.807, 2.05) is 39.0 Å². The average molecular weight is 226 g/mol. The van der Waals surface area contributed by atoms with E-state index in [1.54, 1.807) is 0 Å². The summed E-state index contributed by atoms with van der Waals surface area (Å²) < 4.78 is 0. The Bertz CT molecular complexity index is 582. The lowest BCUT2D eigenvalue weighted by Crippen LogP contribution is -1.84. The quantitative estimate of drug-likeness (QED) is 0.736. The van der Waals surface area contributed by atoms with Crippen LogP contribution in [0.3, 0.4) is 0 Å². The largest absolute Gasteiger partial charge is 0.298 e. The summed E-state index contributed by atoms with van der Waals surface area (Å²) in [6, 6.07) is 5.92.